The average Bonchev–Trinajstić information content (AvgIpc) is 3.21. The maximum absolute atomic E-state index is 12.7. The Balaban J connectivity index is 1.97. The lowest BCUT2D eigenvalue weighted by Gasteiger charge is -2.18. The smallest absolute Gasteiger partial charge is 0.268 e. The minimum atomic E-state index is -1.13. The first-order valence-electron chi connectivity index (χ1n) is 9.55. The molecular formula is C20H29N5O3S. The maximum atomic E-state index is 12.7. The van der Waals surface area contributed by atoms with Gasteiger partial charge in [0.05, 0.1) is 6.54 Å². The van der Waals surface area contributed by atoms with E-state index in [2.05, 4.69) is 25.7 Å². The fourth-order valence-electron chi connectivity index (χ4n) is 2.81. The monoisotopic (exact) mass is 419 g/mol. The Morgan fingerprint density at radius 2 is 1.86 bits per heavy atom. The van der Waals surface area contributed by atoms with E-state index in [9.17, 15) is 14.1 Å². The summed E-state index contributed by atoms with van der Waals surface area (Å²) >= 11 is -1.13. The zero-order valence-electron chi connectivity index (χ0n) is 16.8. The standard InChI is InChI=1S/C20H29N5O3S/c1-21-12-6-9-17(19(26)22-13-14-23-29(2)28)25-20(27)18-11-10-16(24-18)15-7-4-3-5-8-15/h3-5,7-8,10-11,17,21,23-24H,6,9,12-14H2,1-2H3,(H,22,26)(H,25,27). The van der Waals surface area contributed by atoms with Crippen molar-refractivity contribution in [1.82, 2.24) is 25.7 Å². The number of benzene rings is 1. The van der Waals surface area contributed by atoms with Gasteiger partial charge >= 0.3 is 0 Å². The predicted molar refractivity (Wildman–Crippen MR) is 116 cm³/mol. The van der Waals surface area contributed by atoms with E-state index in [4.69, 9.17) is 0 Å². The molecule has 9 heteroatoms. The van der Waals surface area contributed by atoms with Gasteiger partial charge in [0.1, 0.15) is 18.0 Å². The summed E-state index contributed by atoms with van der Waals surface area (Å²) in [6.07, 6.45) is 2.78. The Kier molecular flexibility index (Phi) is 9.72. The van der Waals surface area contributed by atoms with Crippen molar-refractivity contribution in [3.05, 3.63) is 48.2 Å². The fraction of sp³-hybridized carbons (Fsp3) is 0.400. The fourth-order valence-corrected chi connectivity index (χ4v) is 3.19. The molecule has 2 atom stereocenters. The van der Waals surface area contributed by atoms with E-state index < -0.39 is 17.4 Å². The van der Waals surface area contributed by atoms with E-state index in [1.54, 1.807) is 6.07 Å². The lowest BCUT2D eigenvalue weighted by molar-refractivity contribution is -0.123. The first-order chi connectivity index (χ1) is 14.0. The summed E-state index contributed by atoms with van der Waals surface area (Å²) in [6.45, 7) is 1.47. The van der Waals surface area contributed by atoms with Crippen LogP contribution in [0.2, 0.25) is 0 Å². The second-order valence-electron chi connectivity index (χ2n) is 6.56. The summed E-state index contributed by atoms with van der Waals surface area (Å²) in [5.74, 6) is -0.586. The first kappa shape index (κ1) is 23.0. The van der Waals surface area contributed by atoms with Crippen molar-refractivity contribution >= 4 is 23.2 Å². The second-order valence-corrected chi connectivity index (χ2v) is 7.76. The number of hydrogen-bond acceptors (Lipinski definition) is 5. The molecule has 0 radical (unpaired) electrons. The van der Waals surface area contributed by atoms with Gasteiger partial charge in [-0.15, -0.1) is 4.72 Å². The molecule has 158 valence electrons. The lowest BCUT2D eigenvalue weighted by Crippen LogP contribution is -2.48. The van der Waals surface area contributed by atoms with E-state index in [1.807, 2.05) is 43.4 Å². The predicted octanol–water partition coefficient (Wildman–Crippen LogP) is 0.779. The van der Waals surface area contributed by atoms with Gasteiger partial charge in [0.2, 0.25) is 5.91 Å². The zero-order chi connectivity index (χ0) is 21.1. The van der Waals surface area contributed by atoms with Gasteiger partial charge in [-0.1, -0.05) is 30.3 Å². The van der Waals surface area contributed by atoms with Crippen molar-refractivity contribution in [3.8, 4) is 11.3 Å². The average molecular weight is 420 g/mol. The third-order valence-corrected chi connectivity index (χ3v) is 4.90. The summed E-state index contributed by atoms with van der Waals surface area (Å²) < 4.78 is 13.8. The van der Waals surface area contributed by atoms with Crippen LogP contribution in [0.1, 0.15) is 23.3 Å². The number of carbonyl (C=O) groups excluding carboxylic acids is 2. The molecule has 0 aliphatic heterocycles. The molecule has 0 aliphatic carbocycles. The van der Waals surface area contributed by atoms with E-state index in [-0.39, 0.29) is 11.8 Å². The Labute approximate surface area is 174 Å². The quantitative estimate of drug-likeness (QED) is 0.257. The third kappa shape index (κ3) is 7.90. The van der Waals surface area contributed by atoms with Crippen LogP contribution in [0.4, 0.5) is 0 Å². The van der Waals surface area contributed by atoms with Gasteiger partial charge in [0.15, 0.2) is 0 Å². The van der Waals surface area contributed by atoms with Crippen molar-refractivity contribution in [3.63, 3.8) is 0 Å². The topological polar surface area (TPSA) is 121 Å². The molecule has 1 heterocycles. The zero-order valence-corrected chi connectivity index (χ0v) is 17.6. The van der Waals surface area contributed by atoms with Crippen LogP contribution in [0.3, 0.4) is 0 Å². The lowest BCUT2D eigenvalue weighted by atomic mass is 10.1. The summed E-state index contributed by atoms with van der Waals surface area (Å²) in [5.41, 5.74) is 2.22. The third-order valence-electron chi connectivity index (χ3n) is 4.29. The van der Waals surface area contributed by atoms with Gasteiger partial charge < -0.3 is 25.5 Å². The van der Waals surface area contributed by atoms with Gasteiger partial charge in [0, 0.05) is 23.6 Å². The number of H-pyrrole nitrogens is 1. The van der Waals surface area contributed by atoms with E-state index >= 15 is 0 Å². The van der Waals surface area contributed by atoms with E-state index in [0.29, 0.717) is 25.2 Å². The van der Waals surface area contributed by atoms with Gasteiger partial charge in [-0.25, -0.2) is 0 Å². The molecule has 0 spiro atoms. The highest BCUT2D eigenvalue weighted by Gasteiger charge is 2.21. The SMILES string of the molecule is CNCCCC(NC(=O)c1ccc(-c2ccccc2)[nH]1)C(=O)NCCN[S+](C)[O-]. The maximum Gasteiger partial charge on any atom is 0.268 e. The van der Waals surface area contributed by atoms with Crippen molar-refractivity contribution < 1.29 is 14.1 Å². The molecule has 0 saturated heterocycles. The normalized spacial score (nSPS) is 12.9. The second kappa shape index (κ2) is 12.3. The number of carbonyl (C=O) groups is 2. The highest BCUT2D eigenvalue weighted by Crippen LogP contribution is 2.18. The Morgan fingerprint density at radius 1 is 1.10 bits per heavy atom. The number of nitrogens with one attached hydrogen (secondary N) is 5. The van der Waals surface area contributed by atoms with Crippen LogP contribution in [0.5, 0.6) is 0 Å². The minimum Gasteiger partial charge on any atom is -0.598 e. The van der Waals surface area contributed by atoms with Crippen LogP contribution in [0, 0.1) is 0 Å². The molecule has 0 aliphatic rings. The molecule has 0 bridgehead atoms. The summed E-state index contributed by atoms with van der Waals surface area (Å²) in [7, 11) is 1.84. The van der Waals surface area contributed by atoms with Gasteiger partial charge in [-0.2, -0.15) is 0 Å². The Bertz CT molecular complexity index is 766. The molecule has 0 fully saturated rings. The van der Waals surface area contributed by atoms with E-state index in [0.717, 1.165) is 24.2 Å². The molecule has 8 nitrogen and oxygen atoms in total. The number of amides is 2. The number of rotatable bonds is 12. The summed E-state index contributed by atoms with van der Waals surface area (Å²) in [6, 6.07) is 12.6. The van der Waals surface area contributed by atoms with Crippen LogP contribution in [0.15, 0.2) is 42.5 Å². The van der Waals surface area contributed by atoms with E-state index in [1.165, 1.54) is 6.26 Å². The van der Waals surface area contributed by atoms with Gasteiger partial charge in [0.25, 0.3) is 5.91 Å². The van der Waals surface area contributed by atoms with Crippen molar-refractivity contribution in [1.29, 1.82) is 0 Å². The molecule has 0 saturated carbocycles. The number of aromatic amines is 1. The van der Waals surface area contributed by atoms with Crippen molar-refractivity contribution in [2.24, 2.45) is 0 Å². The Morgan fingerprint density at radius 3 is 2.55 bits per heavy atom. The number of hydrogen-bond donors (Lipinski definition) is 5. The van der Waals surface area contributed by atoms with Crippen LogP contribution in [-0.2, 0) is 16.2 Å². The molecular weight excluding hydrogens is 390 g/mol. The van der Waals surface area contributed by atoms with Gasteiger partial charge in [-0.3, -0.25) is 9.59 Å². The summed E-state index contributed by atoms with van der Waals surface area (Å²) in [5, 5.41) is 8.63. The minimum absolute atomic E-state index is 0.257. The number of aromatic nitrogens is 1. The highest BCUT2D eigenvalue weighted by atomic mass is 32.2. The van der Waals surface area contributed by atoms with Gasteiger partial charge in [-0.05, 0) is 44.1 Å². The molecule has 1 aromatic carbocycles. The first-order valence-corrected chi connectivity index (χ1v) is 11.1. The molecule has 29 heavy (non-hydrogen) atoms. The summed E-state index contributed by atoms with van der Waals surface area (Å²) in [4.78, 5) is 28.3. The van der Waals surface area contributed by atoms with Crippen molar-refractivity contribution in [2.45, 2.75) is 18.9 Å². The molecule has 5 N–H and O–H groups in total. The Hall–Kier alpha value is -2.33. The van der Waals surface area contributed by atoms with Crippen LogP contribution < -0.4 is 20.7 Å². The largest absolute Gasteiger partial charge is 0.598 e. The molecule has 1 aromatic heterocycles. The molecule has 2 amide bonds. The molecule has 2 unspecified atom stereocenters. The molecule has 2 aromatic rings. The van der Waals surface area contributed by atoms with Crippen LogP contribution in [-0.4, -0.2) is 60.3 Å². The van der Waals surface area contributed by atoms with Crippen LogP contribution >= 0.6 is 0 Å². The highest BCUT2D eigenvalue weighted by molar-refractivity contribution is 7.88. The van der Waals surface area contributed by atoms with Crippen LogP contribution in [0.25, 0.3) is 11.3 Å². The molecule has 2 rings (SSSR count). The van der Waals surface area contributed by atoms with Crippen molar-refractivity contribution in [2.75, 3.05) is 32.9 Å².